The number of likely N-dealkylation sites (N-methyl/N-ethyl adjacent to an activating group) is 1. The Morgan fingerprint density at radius 1 is 1.36 bits per heavy atom. The molecule has 0 aliphatic carbocycles. The zero-order valence-corrected chi connectivity index (χ0v) is 13.7. The first-order valence-corrected chi connectivity index (χ1v) is 7.33. The van der Waals surface area contributed by atoms with E-state index in [1.165, 1.54) is 0 Å². The molecule has 5 heteroatoms. The van der Waals surface area contributed by atoms with Crippen LogP contribution in [-0.2, 0) is 13.6 Å². The Morgan fingerprint density at radius 3 is 2.68 bits per heavy atom. The third-order valence-corrected chi connectivity index (χ3v) is 3.96. The number of phenolic OH excluding ortho intramolecular Hbond substituents is 1. The first-order chi connectivity index (χ1) is 10.3. The molecule has 2 N–H and O–H groups in total. The molecule has 0 atom stereocenters. The van der Waals surface area contributed by atoms with E-state index in [1.54, 1.807) is 6.07 Å². The normalized spacial score (nSPS) is 12.7. The van der Waals surface area contributed by atoms with Gasteiger partial charge in [0, 0.05) is 13.8 Å². The molecule has 0 unspecified atom stereocenters. The van der Waals surface area contributed by atoms with Crippen molar-refractivity contribution < 1.29 is 19.4 Å². The lowest BCUT2D eigenvalue weighted by atomic mass is 10.1. The minimum atomic E-state index is -0.378. The number of aliphatic hydroxyl groups excluding tert-OH is 1. The SMILES string of the molecule is C[N+](=Cc1cc(Cn2cc[n+](C)c2)ccc1O)C(C)(C)CO. The number of aryl methyl sites for hydroxylation is 1. The number of hydrogen-bond acceptors (Lipinski definition) is 2. The van der Waals surface area contributed by atoms with Crippen molar-refractivity contribution in [1.29, 1.82) is 0 Å². The van der Waals surface area contributed by atoms with Crippen LogP contribution in [0, 0.1) is 0 Å². The molecule has 22 heavy (non-hydrogen) atoms. The van der Waals surface area contributed by atoms with Gasteiger partial charge in [0.2, 0.25) is 6.33 Å². The second kappa shape index (κ2) is 6.32. The van der Waals surface area contributed by atoms with Crippen molar-refractivity contribution in [3.63, 3.8) is 0 Å². The highest BCUT2D eigenvalue weighted by Gasteiger charge is 2.26. The van der Waals surface area contributed by atoms with Crippen LogP contribution in [0.1, 0.15) is 25.0 Å². The van der Waals surface area contributed by atoms with E-state index in [9.17, 15) is 10.2 Å². The second-order valence-electron chi connectivity index (χ2n) is 6.36. The number of aliphatic hydroxyl groups is 1. The molecule has 5 nitrogen and oxygen atoms in total. The summed E-state index contributed by atoms with van der Waals surface area (Å²) in [6, 6.07) is 5.60. The summed E-state index contributed by atoms with van der Waals surface area (Å²) in [5.74, 6) is 0.238. The maximum Gasteiger partial charge on any atom is 0.243 e. The van der Waals surface area contributed by atoms with Crippen LogP contribution < -0.4 is 4.57 Å². The fourth-order valence-electron chi connectivity index (χ4n) is 2.11. The minimum absolute atomic E-state index is 0.0420. The Hall–Kier alpha value is -2.14. The van der Waals surface area contributed by atoms with Gasteiger partial charge in [-0.05, 0) is 17.7 Å². The third kappa shape index (κ3) is 3.74. The van der Waals surface area contributed by atoms with Crippen molar-refractivity contribution in [2.24, 2.45) is 7.05 Å². The summed E-state index contributed by atoms with van der Waals surface area (Å²) in [7, 11) is 3.88. The largest absolute Gasteiger partial charge is 0.507 e. The van der Waals surface area contributed by atoms with E-state index in [1.807, 2.05) is 74.2 Å². The Balaban J connectivity index is 2.29. The first-order valence-electron chi connectivity index (χ1n) is 7.33. The molecule has 0 radical (unpaired) electrons. The summed E-state index contributed by atoms with van der Waals surface area (Å²) in [4.78, 5) is 0. The summed E-state index contributed by atoms with van der Waals surface area (Å²) < 4.78 is 5.99. The number of benzene rings is 1. The smallest absolute Gasteiger partial charge is 0.243 e. The number of hydrogen-bond donors (Lipinski definition) is 2. The predicted molar refractivity (Wildman–Crippen MR) is 85.3 cm³/mol. The molecule has 0 bridgehead atoms. The van der Waals surface area contributed by atoms with E-state index in [-0.39, 0.29) is 17.9 Å². The first kappa shape index (κ1) is 16.2. The van der Waals surface area contributed by atoms with Gasteiger partial charge in [0.05, 0.1) is 12.6 Å². The second-order valence-corrected chi connectivity index (χ2v) is 6.36. The lowest BCUT2D eigenvalue weighted by Crippen LogP contribution is -2.38. The highest BCUT2D eigenvalue weighted by Crippen LogP contribution is 2.18. The molecule has 0 spiro atoms. The van der Waals surface area contributed by atoms with Crippen molar-refractivity contribution in [2.45, 2.75) is 25.9 Å². The Bertz CT molecular complexity index is 687. The summed E-state index contributed by atoms with van der Waals surface area (Å²) in [6.45, 7) is 4.68. The lowest BCUT2D eigenvalue weighted by Gasteiger charge is -2.17. The van der Waals surface area contributed by atoms with Crippen molar-refractivity contribution >= 4 is 6.21 Å². The molecule has 0 saturated heterocycles. The third-order valence-electron chi connectivity index (χ3n) is 3.96. The van der Waals surface area contributed by atoms with Crippen molar-refractivity contribution in [3.8, 4) is 5.75 Å². The van der Waals surface area contributed by atoms with Gasteiger partial charge in [0.1, 0.15) is 38.3 Å². The maximum atomic E-state index is 10.1. The van der Waals surface area contributed by atoms with Gasteiger partial charge in [0.15, 0.2) is 11.8 Å². The Labute approximate surface area is 131 Å². The summed E-state index contributed by atoms with van der Waals surface area (Å²) >= 11 is 0. The standard InChI is InChI=1S/C17H24N3O2/c1-17(2,12-21)19(4)11-15-9-14(5-6-16(15)22)10-20-8-7-18(3)13-20/h5-9,11,13,21H,10,12H2,1-4H3/q+1/p+1. The topological polar surface area (TPSA) is 52.3 Å². The molecule has 1 aromatic heterocycles. The molecule has 2 rings (SSSR count). The molecule has 2 aromatic rings. The lowest BCUT2D eigenvalue weighted by molar-refractivity contribution is -0.671. The highest BCUT2D eigenvalue weighted by molar-refractivity contribution is 5.80. The monoisotopic (exact) mass is 303 g/mol. The molecule has 0 amide bonds. The van der Waals surface area contributed by atoms with E-state index in [2.05, 4.69) is 4.57 Å². The zero-order chi connectivity index (χ0) is 16.3. The van der Waals surface area contributed by atoms with Gasteiger partial charge in [0.25, 0.3) is 0 Å². The zero-order valence-electron chi connectivity index (χ0n) is 13.7. The molecule has 1 aromatic carbocycles. The molecule has 118 valence electrons. The van der Waals surface area contributed by atoms with Gasteiger partial charge in [-0.2, -0.15) is 0 Å². The number of imidazole rings is 1. The molecule has 0 aliphatic rings. The van der Waals surface area contributed by atoms with Crippen molar-refractivity contribution in [2.75, 3.05) is 13.7 Å². The molecule has 0 aliphatic heterocycles. The van der Waals surface area contributed by atoms with Crippen LogP contribution in [0.5, 0.6) is 5.75 Å². The maximum absolute atomic E-state index is 10.1. The van der Waals surface area contributed by atoms with E-state index in [0.717, 1.165) is 17.7 Å². The Morgan fingerprint density at radius 2 is 2.09 bits per heavy atom. The van der Waals surface area contributed by atoms with Crippen LogP contribution in [0.3, 0.4) is 0 Å². The van der Waals surface area contributed by atoms with Crippen LogP contribution in [0.2, 0.25) is 0 Å². The average Bonchev–Trinajstić information content (AvgIpc) is 2.87. The van der Waals surface area contributed by atoms with Gasteiger partial charge >= 0.3 is 0 Å². The van der Waals surface area contributed by atoms with Gasteiger partial charge in [-0.25, -0.2) is 13.7 Å². The predicted octanol–water partition coefficient (Wildman–Crippen LogP) is 0.899. The number of nitrogens with zero attached hydrogens (tertiary/aromatic N) is 3. The van der Waals surface area contributed by atoms with E-state index >= 15 is 0 Å². The minimum Gasteiger partial charge on any atom is -0.507 e. The molecular weight excluding hydrogens is 278 g/mol. The molecule has 0 fully saturated rings. The number of rotatable bonds is 5. The fourth-order valence-corrected chi connectivity index (χ4v) is 2.11. The van der Waals surface area contributed by atoms with E-state index in [4.69, 9.17) is 0 Å². The summed E-state index contributed by atoms with van der Waals surface area (Å²) in [5, 5.41) is 19.5. The van der Waals surface area contributed by atoms with Gasteiger partial charge in [-0.15, -0.1) is 0 Å². The van der Waals surface area contributed by atoms with Crippen molar-refractivity contribution in [1.82, 2.24) is 4.57 Å². The Kier molecular flexibility index (Phi) is 4.66. The van der Waals surface area contributed by atoms with Crippen LogP contribution in [0.25, 0.3) is 0 Å². The van der Waals surface area contributed by atoms with E-state index < -0.39 is 0 Å². The quantitative estimate of drug-likeness (QED) is 0.637. The van der Waals surface area contributed by atoms with Crippen LogP contribution >= 0.6 is 0 Å². The highest BCUT2D eigenvalue weighted by atomic mass is 16.3. The summed E-state index contributed by atoms with van der Waals surface area (Å²) in [6.07, 6.45) is 7.88. The van der Waals surface area contributed by atoms with E-state index in [0.29, 0.717) is 0 Å². The van der Waals surface area contributed by atoms with Crippen LogP contribution in [-0.4, -0.2) is 44.8 Å². The molecule has 0 saturated carbocycles. The summed E-state index contributed by atoms with van der Waals surface area (Å²) in [5.41, 5.74) is 1.48. The van der Waals surface area contributed by atoms with Gasteiger partial charge in [-0.1, -0.05) is 6.07 Å². The number of phenols is 1. The number of aromatic hydroxyl groups is 1. The molecule has 1 heterocycles. The van der Waals surface area contributed by atoms with Gasteiger partial charge in [-0.3, -0.25) is 0 Å². The fraction of sp³-hybridized carbons (Fsp3) is 0.412. The van der Waals surface area contributed by atoms with Crippen molar-refractivity contribution in [3.05, 3.63) is 48.0 Å². The number of aromatic nitrogens is 2. The molecular formula is C17H25N3O2+2. The average molecular weight is 303 g/mol. The van der Waals surface area contributed by atoms with Crippen LogP contribution in [0.15, 0.2) is 36.9 Å². The van der Waals surface area contributed by atoms with Crippen LogP contribution in [0.4, 0.5) is 0 Å². The van der Waals surface area contributed by atoms with Gasteiger partial charge < -0.3 is 10.2 Å².